The maximum absolute atomic E-state index is 13.2. The Bertz CT molecular complexity index is 1640. The normalized spacial score (nSPS) is 22.8. The van der Waals surface area contributed by atoms with E-state index in [-0.39, 0.29) is 18.1 Å². The van der Waals surface area contributed by atoms with Gasteiger partial charge in [0, 0.05) is 36.4 Å². The quantitative estimate of drug-likeness (QED) is 0.362. The second kappa shape index (κ2) is 10.6. The lowest BCUT2D eigenvalue weighted by atomic mass is 9.76. The highest BCUT2D eigenvalue weighted by molar-refractivity contribution is 6.62. The average molecular weight is 614 g/mol. The molecule has 4 aliphatic rings. The predicted molar refractivity (Wildman–Crippen MR) is 173 cm³/mol. The van der Waals surface area contributed by atoms with Crippen LogP contribution in [-0.4, -0.2) is 65.1 Å². The second-order valence-corrected chi connectivity index (χ2v) is 15.0. The number of ether oxygens (including phenoxy) is 3. The molecule has 0 radical (unpaired) electrons. The van der Waals surface area contributed by atoms with Crippen molar-refractivity contribution in [1.82, 2.24) is 14.9 Å². The molecule has 1 N–H and O–H groups in total. The summed E-state index contributed by atoms with van der Waals surface area (Å²) in [7, 11) is 1.29. The summed E-state index contributed by atoms with van der Waals surface area (Å²) in [6, 6.07) is 10.7. The zero-order valence-corrected chi connectivity index (χ0v) is 27.7. The first-order chi connectivity index (χ1) is 21.2. The van der Waals surface area contributed by atoms with Gasteiger partial charge in [-0.2, -0.15) is 0 Å². The Balaban J connectivity index is 1.18. The summed E-state index contributed by atoms with van der Waals surface area (Å²) in [5, 5.41) is 0. The first-order valence-electron chi connectivity index (χ1n) is 16.1. The number of aryl methyl sites for hydroxylation is 2. The van der Waals surface area contributed by atoms with E-state index in [1.807, 2.05) is 25.7 Å². The van der Waals surface area contributed by atoms with Crippen LogP contribution in [0.5, 0.6) is 5.75 Å². The lowest BCUT2D eigenvalue weighted by Gasteiger charge is -2.32. The molecule has 45 heavy (non-hydrogen) atoms. The molecule has 0 unspecified atom stereocenters. The van der Waals surface area contributed by atoms with Gasteiger partial charge in [-0.15, -0.1) is 0 Å². The third-order valence-electron chi connectivity index (χ3n) is 9.96. The van der Waals surface area contributed by atoms with E-state index in [0.29, 0.717) is 19.8 Å². The number of carbonyl (C=O) groups is 1. The van der Waals surface area contributed by atoms with Crippen LogP contribution < -0.4 is 10.2 Å². The summed E-state index contributed by atoms with van der Waals surface area (Å²) >= 11 is 0. The molecule has 3 aliphatic heterocycles. The van der Waals surface area contributed by atoms with Crippen LogP contribution in [0.2, 0.25) is 0 Å². The zero-order chi connectivity index (χ0) is 31.9. The summed E-state index contributed by atoms with van der Waals surface area (Å²) < 4.78 is 30.2. The van der Waals surface area contributed by atoms with E-state index in [0.717, 1.165) is 64.4 Å². The number of imidazole rings is 1. The van der Waals surface area contributed by atoms with Crippen molar-refractivity contribution in [3.05, 3.63) is 53.0 Å². The number of likely N-dealkylation sites (tertiary alicyclic amines) is 1. The molecule has 1 aromatic heterocycles. The van der Waals surface area contributed by atoms with Gasteiger partial charge >= 0.3 is 13.2 Å². The minimum absolute atomic E-state index is 0.201. The van der Waals surface area contributed by atoms with E-state index in [1.54, 1.807) is 7.11 Å². The molecule has 0 bridgehead atoms. The Kier molecular flexibility index (Phi) is 7.15. The Morgan fingerprint density at radius 1 is 1.04 bits per heavy atom. The highest BCUT2D eigenvalue weighted by Gasteiger charge is 2.52. The highest BCUT2D eigenvalue weighted by atomic mass is 16.7. The number of benzene rings is 2. The Morgan fingerprint density at radius 2 is 1.80 bits per heavy atom. The number of rotatable bonds is 4. The molecule has 7 rings (SSSR count). The number of hydrogen-bond acceptors (Lipinski definition) is 7. The molecule has 0 spiro atoms. The number of aromatic nitrogens is 2. The van der Waals surface area contributed by atoms with Gasteiger partial charge in [0.25, 0.3) is 0 Å². The molecule has 1 amide bonds. The molecule has 238 valence electrons. The number of amides is 1. The van der Waals surface area contributed by atoms with Crippen LogP contribution in [-0.2, 0) is 38.2 Å². The van der Waals surface area contributed by atoms with Crippen LogP contribution in [0.25, 0.3) is 22.4 Å². The predicted octanol–water partition coefficient (Wildman–Crippen LogP) is 5.98. The van der Waals surface area contributed by atoms with Crippen molar-refractivity contribution in [1.29, 1.82) is 0 Å². The van der Waals surface area contributed by atoms with Gasteiger partial charge in [-0.25, -0.2) is 9.78 Å². The summed E-state index contributed by atoms with van der Waals surface area (Å²) in [6.45, 7) is 15.6. The fourth-order valence-corrected chi connectivity index (χ4v) is 6.97. The van der Waals surface area contributed by atoms with Crippen molar-refractivity contribution in [2.24, 2.45) is 5.92 Å². The largest absolute Gasteiger partial charge is 0.494 e. The van der Waals surface area contributed by atoms with Crippen molar-refractivity contribution in [2.45, 2.75) is 97.2 Å². The van der Waals surface area contributed by atoms with Crippen LogP contribution >= 0.6 is 0 Å². The number of methoxy groups -OCH3 is 1. The standard InChI is InChI=1S/C35H44BN3O6/c1-33(2,3)43-32(40)39-17-20(18-41-8)13-28(39)31-37-27-12-9-21-15-26-24-11-10-23(36-44-34(4,5)35(6,7)45-36)14-22(24)19-42-29(26)16-25(21)30(27)38-31/h10-11,14-16,20,28H,9,12-13,17-19H2,1-8H3,(H,37,38)/t20-,28+/m1/s1. The lowest BCUT2D eigenvalue weighted by Crippen LogP contribution is -2.41. The molecular weight excluding hydrogens is 569 g/mol. The number of H-pyrrole nitrogens is 1. The number of nitrogens with zero attached hydrogens (tertiary/aromatic N) is 2. The van der Waals surface area contributed by atoms with Crippen molar-refractivity contribution < 1.29 is 28.3 Å². The number of fused-ring (bicyclic) bond motifs is 6. The number of hydrogen-bond donors (Lipinski definition) is 1. The average Bonchev–Trinajstić information content (AvgIpc) is 3.64. The van der Waals surface area contributed by atoms with Gasteiger partial charge in [0.15, 0.2) is 0 Å². The monoisotopic (exact) mass is 613 g/mol. The summed E-state index contributed by atoms with van der Waals surface area (Å²) in [6.07, 6.45) is 2.20. The fourth-order valence-electron chi connectivity index (χ4n) is 6.97. The maximum atomic E-state index is 13.2. The minimum Gasteiger partial charge on any atom is -0.488 e. The van der Waals surface area contributed by atoms with Crippen molar-refractivity contribution in [3.63, 3.8) is 0 Å². The first kappa shape index (κ1) is 30.3. The lowest BCUT2D eigenvalue weighted by molar-refractivity contribution is 0.00578. The molecule has 1 aliphatic carbocycles. The Morgan fingerprint density at radius 3 is 2.51 bits per heavy atom. The van der Waals surface area contributed by atoms with Crippen LogP contribution in [0.15, 0.2) is 30.3 Å². The van der Waals surface area contributed by atoms with Crippen LogP contribution in [0.1, 0.15) is 83.6 Å². The molecular formula is C35H44BN3O6. The molecule has 2 aromatic carbocycles. The topological polar surface area (TPSA) is 95.1 Å². The maximum Gasteiger partial charge on any atom is 0.494 e. The summed E-state index contributed by atoms with van der Waals surface area (Å²) in [4.78, 5) is 23.8. The van der Waals surface area contributed by atoms with E-state index < -0.39 is 23.9 Å². The summed E-state index contributed by atoms with van der Waals surface area (Å²) in [5.41, 5.74) is 7.43. The van der Waals surface area contributed by atoms with Crippen LogP contribution in [0.4, 0.5) is 4.79 Å². The van der Waals surface area contributed by atoms with Crippen molar-refractivity contribution in [2.75, 3.05) is 20.3 Å². The van der Waals surface area contributed by atoms with Gasteiger partial charge in [0.1, 0.15) is 23.8 Å². The fraction of sp³-hybridized carbons (Fsp3) is 0.543. The third kappa shape index (κ3) is 5.34. The third-order valence-corrected chi connectivity index (χ3v) is 9.96. The second-order valence-electron chi connectivity index (χ2n) is 15.0. The van der Waals surface area contributed by atoms with Crippen molar-refractivity contribution in [3.8, 4) is 28.1 Å². The van der Waals surface area contributed by atoms with Gasteiger partial charge in [-0.3, -0.25) is 4.90 Å². The van der Waals surface area contributed by atoms with E-state index >= 15 is 0 Å². The molecule has 4 heterocycles. The first-order valence-corrected chi connectivity index (χ1v) is 16.1. The molecule has 10 heteroatoms. The van der Waals surface area contributed by atoms with Gasteiger partial charge in [-0.05, 0) is 102 Å². The molecule has 3 aromatic rings. The number of aromatic amines is 1. The number of nitrogens with one attached hydrogen (secondary N) is 1. The molecule has 2 atom stereocenters. The van der Waals surface area contributed by atoms with Crippen LogP contribution in [0.3, 0.4) is 0 Å². The Labute approximate surface area is 266 Å². The highest BCUT2D eigenvalue weighted by Crippen LogP contribution is 2.45. The van der Waals surface area contributed by atoms with Gasteiger partial charge in [-0.1, -0.05) is 18.2 Å². The van der Waals surface area contributed by atoms with Gasteiger partial charge in [0.2, 0.25) is 0 Å². The molecule has 9 nitrogen and oxygen atoms in total. The van der Waals surface area contributed by atoms with Crippen molar-refractivity contribution >= 4 is 18.7 Å². The van der Waals surface area contributed by atoms with E-state index in [9.17, 15) is 4.79 Å². The van der Waals surface area contributed by atoms with E-state index in [2.05, 4.69) is 63.0 Å². The SMILES string of the molecule is COC[C@@H]1C[C@@H](c2nc3c([nH]2)CCc2cc4c(cc2-3)OCc2cc(B3OC(C)(C)C(C)(C)O3)ccc2-4)N(C(=O)OC(C)(C)C)C1. The zero-order valence-electron chi connectivity index (χ0n) is 27.7. The Hall–Kier alpha value is -3.34. The van der Waals surface area contributed by atoms with Gasteiger partial charge in [0.05, 0.1) is 29.5 Å². The minimum atomic E-state index is -0.576. The number of carbonyl (C=O) groups excluding carboxylic acids is 1. The van der Waals surface area contributed by atoms with Crippen LogP contribution in [0, 0.1) is 5.92 Å². The molecule has 0 saturated carbocycles. The van der Waals surface area contributed by atoms with Gasteiger partial charge < -0.3 is 28.5 Å². The van der Waals surface area contributed by atoms with E-state index in [1.165, 1.54) is 11.1 Å². The summed E-state index contributed by atoms with van der Waals surface area (Å²) in [5.74, 6) is 1.88. The smallest absolute Gasteiger partial charge is 0.488 e. The van der Waals surface area contributed by atoms with E-state index in [4.69, 9.17) is 28.5 Å². The molecule has 2 saturated heterocycles. The molecule has 2 fully saturated rings.